The van der Waals surface area contributed by atoms with E-state index in [9.17, 15) is 0 Å². The fourth-order valence-electron chi connectivity index (χ4n) is 4.61. The van der Waals surface area contributed by atoms with Crippen LogP contribution in [0.3, 0.4) is 0 Å². The molecule has 0 unspecified atom stereocenters. The summed E-state index contributed by atoms with van der Waals surface area (Å²) in [6.07, 6.45) is 1.05. The second-order valence-electron chi connectivity index (χ2n) is 8.76. The molecule has 34 heavy (non-hydrogen) atoms. The van der Waals surface area contributed by atoms with Gasteiger partial charge in [-0.3, -0.25) is 9.88 Å². The Kier molecular flexibility index (Phi) is 5.28. The predicted molar refractivity (Wildman–Crippen MR) is 134 cm³/mol. The van der Waals surface area contributed by atoms with E-state index in [1.54, 1.807) is 0 Å². The number of anilines is 2. The number of aromatic nitrogens is 3. The molecular formula is C28H25N5O. The van der Waals surface area contributed by atoms with Crippen LogP contribution in [0.15, 0.2) is 83.3 Å². The van der Waals surface area contributed by atoms with Gasteiger partial charge in [0.05, 0.1) is 12.1 Å². The van der Waals surface area contributed by atoms with E-state index in [1.165, 1.54) is 11.1 Å². The van der Waals surface area contributed by atoms with Crippen molar-refractivity contribution in [1.82, 2.24) is 20.1 Å². The largest absolute Gasteiger partial charge is 0.419 e. The SMILES string of the molecule is Cc1cc(Nc2cccc(-c3nnc(CN4CCc5ccccc5C4)o3)c2)c2ccccc2n1. The highest BCUT2D eigenvalue weighted by Gasteiger charge is 2.19. The summed E-state index contributed by atoms with van der Waals surface area (Å²) in [5.41, 5.74) is 7.64. The average molecular weight is 448 g/mol. The van der Waals surface area contributed by atoms with Gasteiger partial charge < -0.3 is 9.73 Å². The maximum Gasteiger partial charge on any atom is 0.247 e. The summed E-state index contributed by atoms with van der Waals surface area (Å²) in [5, 5.41) is 13.3. The van der Waals surface area contributed by atoms with E-state index in [4.69, 9.17) is 4.42 Å². The quantitative estimate of drug-likeness (QED) is 0.362. The number of aryl methyl sites for hydroxylation is 1. The molecular weight excluding hydrogens is 422 g/mol. The van der Waals surface area contributed by atoms with Crippen LogP contribution in [0.4, 0.5) is 11.4 Å². The monoisotopic (exact) mass is 447 g/mol. The van der Waals surface area contributed by atoms with Crippen molar-refractivity contribution in [3.63, 3.8) is 0 Å². The zero-order chi connectivity index (χ0) is 22.9. The molecule has 0 saturated carbocycles. The number of nitrogens with one attached hydrogen (secondary N) is 1. The Balaban J connectivity index is 1.20. The molecule has 6 nitrogen and oxygen atoms in total. The molecule has 1 aliphatic heterocycles. The molecule has 3 heterocycles. The normalized spacial score (nSPS) is 13.7. The highest BCUT2D eigenvalue weighted by molar-refractivity contribution is 5.93. The van der Waals surface area contributed by atoms with E-state index in [2.05, 4.69) is 61.8 Å². The molecule has 3 aromatic carbocycles. The van der Waals surface area contributed by atoms with Crippen molar-refractivity contribution in [3.8, 4) is 11.5 Å². The van der Waals surface area contributed by atoms with Gasteiger partial charge in [-0.1, -0.05) is 48.5 Å². The molecule has 0 bridgehead atoms. The summed E-state index contributed by atoms with van der Waals surface area (Å²) in [7, 11) is 0. The summed E-state index contributed by atoms with van der Waals surface area (Å²) in [4.78, 5) is 6.98. The Morgan fingerprint density at radius 2 is 1.76 bits per heavy atom. The third kappa shape index (κ3) is 4.16. The summed E-state index contributed by atoms with van der Waals surface area (Å²) in [6.45, 7) is 4.57. The lowest BCUT2D eigenvalue weighted by Crippen LogP contribution is -2.30. The minimum Gasteiger partial charge on any atom is -0.419 e. The number of pyridine rings is 1. The first kappa shape index (κ1) is 20.6. The molecule has 1 aliphatic rings. The van der Waals surface area contributed by atoms with Gasteiger partial charge in [0.2, 0.25) is 11.8 Å². The predicted octanol–water partition coefficient (Wildman–Crippen LogP) is 5.90. The van der Waals surface area contributed by atoms with Crippen molar-refractivity contribution >= 4 is 22.3 Å². The zero-order valence-corrected chi connectivity index (χ0v) is 19.0. The van der Waals surface area contributed by atoms with Gasteiger partial charge in [0, 0.05) is 41.1 Å². The van der Waals surface area contributed by atoms with Crippen LogP contribution in [0.1, 0.15) is 22.7 Å². The second-order valence-corrected chi connectivity index (χ2v) is 8.76. The molecule has 6 rings (SSSR count). The summed E-state index contributed by atoms with van der Waals surface area (Å²) in [5.74, 6) is 1.18. The molecule has 0 amide bonds. The lowest BCUT2D eigenvalue weighted by atomic mass is 10.00. The fraction of sp³-hybridized carbons (Fsp3) is 0.179. The van der Waals surface area contributed by atoms with Crippen LogP contribution >= 0.6 is 0 Å². The van der Waals surface area contributed by atoms with Crippen molar-refractivity contribution < 1.29 is 4.42 Å². The van der Waals surface area contributed by atoms with Crippen LogP contribution in [-0.2, 0) is 19.5 Å². The number of para-hydroxylation sites is 1. The molecule has 0 aliphatic carbocycles. The van der Waals surface area contributed by atoms with Gasteiger partial charge in [0.1, 0.15) is 0 Å². The number of hydrogen-bond acceptors (Lipinski definition) is 6. The summed E-state index contributed by atoms with van der Waals surface area (Å²) < 4.78 is 6.05. The first-order valence-electron chi connectivity index (χ1n) is 11.6. The number of benzene rings is 3. The Hall–Kier alpha value is -4.03. The molecule has 5 aromatic rings. The number of rotatable bonds is 5. The minimum absolute atomic E-state index is 0.534. The van der Waals surface area contributed by atoms with Gasteiger partial charge in [-0.2, -0.15) is 0 Å². The topological polar surface area (TPSA) is 67.1 Å². The number of hydrogen-bond donors (Lipinski definition) is 1. The van der Waals surface area contributed by atoms with Crippen molar-refractivity contribution in [2.24, 2.45) is 0 Å². The molecule has 0 spiro atoms. The van der Waals surface area contributed by atoms with Gasteiger partial charge in [-0.05, 0) is 54.8 Å². The molecule has 1 N–H and O–H groups in total. The Morgan fingerprint density at radius 3 is 2.71 bits per heavy atom. The molecule has 0 radical (unpaired) electrons. The Morgan fingerprint density at radius 1 is 0.912 bits per heavy atom. The van der Waals surface area contributed by atoms with E-state index < -0.39 is 0 Å². The Labute approximate surface area is 198 Å². The number of fused-ring (bicyclic) bond motifs is 2. The second kappa shape index (κ2) is 8.72. The van der Waals surface area contributed by atoms with Crippen LogP contribution in [0.25, 0.3) is 22.4 Å². The standard InChI is InChI=1S/C28H25N5O/c1-19-15-26(24-11-4-5-12-25(24)29-19)30-23-10-6-9-21(16-23)28-32-31-27(34-28)18-33-14-13-20-7-2-3-8-22(20)17-33/h2-12,15-16H,13-14,17-18H2,1H3,(H,29,30). The van der Waals surface area contributed by atoms with Crippen LogP contribution in [-0.4, -0.2) is 26.6 Å². The molecule has 0 atom stereocenters. The summed E-state index contributed by atoms with van der Waals surface area (Å²) >= 11 is 0. The van der Waals surface area contributed by atoms with Crippen molar-refractivity contribution in [1.29, 1.82) is 0 Å². The first-order chi connectivity index (χ1) is 16.7. The average Bonchev–Trinajstić information content (AvgIpc) is 3.32. The molecule has 2 aromatic heterocycles. The van der Waals surface area contributed by atoms with E-state index >= 15 is 0 Å². The maximum absolute atomic E-state index is 6.05. The van der Waals surface area contributed by atoms with E-state index in [1.807, 2.05) is 49.4 Å². The maximum atomic E-state index is 6.05. The van der Waals surface area contributed by atoms with Gasteiger partial charge in [0.15, 0.2) is 0 Å². The van der Waals surface area contributed by atoms with Gasteiger partial charge in [0.25, 0.3) is 0 Å². The van der Waals surface area contributed by atoms with Crippen LogP contribution in [0, 0.1) is 6.92 Å². The van der Waals surface area contributed by atoms with Crippen molar-refractivity contribution in [2.45, 2.75) is 26.4 Å². The van der Waals surface area contributed by atoms with Gasteiger partial charge in [-0.15, -0.1) is 10.2 Å². The number of nitrogens with zero attached hydrogens (tertiary/aromatic N) is 4. The van der Waals surface area contributed by atoms with Crippen LogP contribution in [0.5, 0.6) is 0 Å². The third-order valence-electron chi connectivity index (χ3n) is 6.27. The minimum atomic E-state index is 0.534. The molecule has 6 heteroatoms. The van der Waals surface area contributed by atoms with Crippen molar-refractivity contribution in [2.75, 3.05) is 11.9 Å². The van der Waals surface area contributed by atoms with Gasteiger partial charge in [-0.25, -0.2) is 0 Å². The smallest absolute Gasteiger partial charge is 0.247 e. The fourth-order valence-corrected chi connectivity index (χ4v) is 4.61. The van der Waals surface area contributed by atoms with Gasteiger partial charge >= 0.3 is 0 Å². The highest BCUT2D eigenvalue weighted by atomic mass is 16.4. The lowest BCUT2D eigenvalue weighted by Gasteiger charge is -2.27. The highest BCUT2D eigenvalue weighted by Crippen LogP contribution is 2.29. The third-order valence-corrected chi connectivity index (χ3v) is 6.27. The van der Waals surface area contributed by atoms with Crippen molar-refractivity contribution in [3.05, 3.63) is 102 Å². The first-order valence-corrected chi connectivity index (χ1v) is 11.6. The zero-order valence-electron chi connectivity index (χ0n) is 19.0. The van der Waals surface area contributed by atoms with Crippen LogP contribution in [0.2, 0.25) is 0 Å². The summed E-state index contributed by atoms with van der Waals surface area (Å²) in [6, 6.07) is 26.9. The van der Waals surface area contributed by atoms with Crippen LogP contribution < -0.4 is 5.32 Å². The van der Waals surface area contributed by atoms with E-state index in [-0.39, 0.29) is 0 Å². The molecule has 0 fully saturated rings. The lowest BCUT2D eigenvalue weighted by molar-refractivity contribution is 0.222. The van der Waals surface area contributed by atoms with E-state index in [0.29, 0.717) is 18.3 Å². The molecule has 168 valence electrons. The Bertz CT molecular complexity index is 1470. The van der Waals surface area contributed by atoms with E-state index in [0.717, 1.165) is 53.0 Å². The molecule has 0 saturated heterocycles.